The van der Waals surface area contributed by atoms with Crippen LogP contribution in [0.25, 0.3) is 0 Å². The normalized spacial score (nSPS) is 15.9. The number of carbonyl (C=O) groups excluding carboxylic acids is 3. The monoisotopic (exact) mass is 467 g/mol. The summed E-state index contributed by atoms with van der Waals surface area (Å²) >= 11 is 0. The summed E-state index contributed by atoms with van der Waals surface area (Å²) in [6, 6.07) is 11.4. The number of esters is 1. The van der Waals surface area contributed by atoms with Crippen LogP contribution in [-0.4, -0.2) is 36.0 Å². The van der Waals surface area contributed by atoms with Crippen molar-refractivity contribution in [2.75, 3.05) is 18.5 Å². The summed E-state index contributed by atoms with van der Waals surface area (Å²) in [5.74, 6) is -1.57. The number of hydrogen-bond acceptors (Lipinski definition) is 4. The molecule has 1 aliphatic rings. The van der Waals surface area contributed by atoms with Gasteiger partial charge in [0.2, 0.25) is 0 Å². The van der Waals surface area contributed by atoms with Crippen LogP contribution >= 0.6 is 0 Å². The molecule has 3 rings (SSSR count). The number of nitrogens with one attached hydrogen (secondary N) is 2. The van der Waals surface area contributed by atoms with E-state index in [-0.39, 0.29) is 24.1 Å². The first-order valence-electron chi connectivity index (χ1n) is 11.3. The van der Waals surface area contributed by atoms with Gasteiger partial charge in [-0.1, -0.05) is 45.0 Å². The number of allylic oxidation sites excluding steroid dienone is 1. The average Bonchev–Trinajstić information content (AvgIpc) is 2.80. The summed E-state index contributed by atoms with van der Waals surface area (Å²) < 4.78 is 19.5. The Kier molecular flexibility index (Phi) is 8.04. The minimum absolute atomic E-state index is 0.0808. The second kappa shape index (κ2) is 11.0. The maximum absolute atomic E-state index is 14.0. The summed E-state index contributed by atoms with van der Waals surface area (Å²) in [5, 5.41) is 5.57. The zero-order valence-electron chi connectivity index (χ0n) is 19.9. The van der Waals surface area contributed by atoms with Gasteiger partial charge in [0.1, 0.15) is 5.82 Å². The van der Waals surface area contributed by atoms with Crippen molar-refractivity contribution in [1.29, 1.82) is 0 Å². The minimum Gasteiger partial charge on any atom is -0.462 e. The average molecular weight is 468 g/mol. The molecule has 0 bridgehead atoms. The van der Waals surface area contributed by atoms with Crippen molar-refractivity contribution in [2.45, 2.75) is 40.2 Å². The van der Waals surface area contributed by atoms with Crippen LogP contribution < -0.4 is 10.6 Å². The van der Waals surface area contributed by atoms with Crippen molar-refractivity contribution in [1.82, 2.24) is 10.2 Å². The summed E-state index contributed by atoms with van der Waals surface area (Å²) in [5.41, 5.74) is 1.79. The molecular formula is C26H30FN3O4. The fourth-order valence-electron chi connectivity index (χ4n) is 3.75. The van der Waals surface area contributed by atoms with E-state index in [0.29, 0.717) is 29.1 Å². The molecule has 8 heteroatoms. The number of anilines is 1. The smallest absolute Gasteiger partial charge is 0.338 e. The van der Waals surface area contributed by atoms with E-state index in [9.17, 15) is 18.8 Å². The SMILES string of the molecule is CCCN1C(=O)NC(c2cccc(NC(=O)c3ccccc3F)c2)C(C(=O)OCC(C)C)=C1C. The highest BCUT2D eigenvalue weighted by atomic mass is 19.1. The van der Waals surface area contributed by atoms with E-state index in [1.807, 2.05) is 20.8 Å². The van der Waals surface area contributed by atoms with E-state index in [1.165, 1.54) is 23.1 Å². The van der Waals surface area contributed by atoms with Crippen LogP contribution in [0.2, 0.25) is 0 Å². The first-order chi connectivity index (χ1) is 16.2. The van der Waals surface area contributed by atoms with Crippen LogP contribution in [0.4, 0.5) is 14.9 Å². The number of amides is 3. The molecule has 1 atom stereocenters. The van der Waals surface area contributed by atoms with Gasteiger partial charge in [-0.3, -0.25) is 9.69 Å². The van der Waals surface area contributed by atoms with E-state index in [0.717, 1.165) is 6.42 Å². The number of nitrogens with zero attached hydrogens (tertiary/aromatic N) is 1. The molecule has 2 N–H and O–H groups in total. The van der Waals surface area contributed by atoms with Crippen LogP contribution in [0.15, 0.2) is 59.8 Å². The zero-order valence-corrected chi connectivity index (χ0v) is 19.9. The molecule has 0 radical (unpaired) electrons. The predicted molar refractivity (Wildman–Crippen MR) is 128 cm³/mol. The molecule has 2 aromatic carbocycles. The molecule has 34 heavy (non-hydrogen) atoms. The van der Waals surface area contributed by atoms with Crippen molar-refractivity contribution in [3.63, 3.8) is 0 Å². The molecule has 0 saturated carbocycles. The second-order valence-electron chi connectivity index (χ2n) is 8.58. The number of hydrogen-bond donors (Lipinski definition) is 2. The Balaban J connectivity index is 1.94. The molecule has 0 fully saturated rings. The molecule has 1 unspecified atom stereocenters. The number of halogens is 1. The Hall–Kier alpha value is -3.68. The van der Waals surface area contributed by atoms with Gasteiger partial charge in [0.05, 0.1) is 23.8 Å². The van der Waals surface area contributed by atoms with Crippen molar-refractivity contribution >= 4 is 23.6 Å². The number of rotatable bonds is 8. The molecule has 0 spiro atoms. The van der Waals surface area contributed by atoms with Gasteiger partial charge in [0.15, 0.2) is 0 Å². The third-order valence-corrected chi connectivity index (χ3v) is 5.41. The van der Waals surface area contributed by atoms with Gasteiger partial charge in [-0.25, -0.2) is 14.0 Å². The van der Waals surface area contributed by atoms with Crippen molar-refractivity contribution < 1.29 is 23.5 Å². The molecule has 1 heterocycles. The predicted octanol–water partition coefficient (Wildman–Crippen LogP) is 5.03. The Morgan fingerprint density at radius 3 is 2.59 bits per heavy atom. The molecule has 0 aliphatic carbocycles. The molecular weight excluding hydrogens is 437 g/mol. The summed E-state index contributed by atoms with van der Waals surface area (Å²) in [4.78, 5) is 40.0. The van der Waals surface area contributed by atoms with E-state index in [1.54, 1.807) is 37.3 Å². The Labute approximate surface area is 199 Å². The van der Waals surface area contributed by atoms with E-state index in [2.05, 4.69) is 10.6 Å². The lowest BCUT2D eigenvalue weighted by Gasteiger charge is -2.35. The molecule has 0 aromatic heterocycles. The lowest BCUT2D eigenvalue weighted by Crippen LogP contribution is -2.48. The number of ether oxygens (including phenoxy) is 1. The Morgan fingerprint density at radius 1 is 1.18 bits per heavy atom. The highest BCUT2D eigenvalue weighted by Crippen LogP contribution is 2.32. The lowest BCUT2D eigenvalue weighted by molar-refractivity contribution is -0.140. The van der Waals surface area contributed by atoms with Crippen molar-refractivity contribution in [2.24, 2.45) is 5.92 Å². The van der Waals surface area contributed by atoms with Gasteiger partial charge < -0.3 is 15.4 Å². The third kappa shape index (κ3) is 5.62. The van der Waals surface area contributed by atoms with E-state index >= 15 is 0 Å². The maximum atomic E-state index is 14.0. The van der Waals surface area contributed by atoms with E-state index < -0.39 is 23.7 Å². The fraction of sp³-hybridized carbons (Fsp3) is 0.346. The van der Waals surface area contributed by atoms with E-state index in [4.69, 9.17) is 4.74 Å². The molecule has 0 saturated heterocycles. The zero-order chi connectivity index (χ0) is 24.8. The first-order valence-corrected chi connectivity index (χ1v) is 11.3. The highest BCUT2D eigenvalue weighted by molar-refractivity contribution is 6.04. The highest BCUT2D eigenvalue weighted by Gasteiger charge is 2.36. The molecule has 2 aromatic rings. The maximum Gasteiger partial charge on any atom is 0.338 e. The summed E-state index contributed by atoms with van der Waals surface area (Å²) in [6.45, 7) is 8.29. The standard InChI is InChI=1S/C26H30FN3O4/c1-5-13-30-17(4)22(25(32)34-15-16(2)3)23(29-26(30)33)18-9-8-10-19(14-18)28-24(31)20-11-6-7-12-21(20)27/h6-12,14,16,23H,5,13,15H2,1-4H3,(H,28,31)(H,29,33). The topological polar surface area (TPSA) is 87.7 Å². The van der Waals surface area contributed by atoms with Gasteiger partial charge in [-0.15, -0.1) is 0 Å². The number of benzene rings is 2. The number of urea groups is 1. The second-order valence-corrected chi connectivity index (χ2v) is 8.58. The van der Waals surface area contributed by atoms with Crippen LogP contribution in [0, 0.1) is 11.7 Å². The van der Waals surface area contributed by atoms with Gasteiger partial charge >= 0.3 is 12.0 Å². The summed E-state index contributed by atoms with van der Waals surface area (Å²) in [6.07, 6.45) is 0.724. The van der Waals surface area contributed by atoms with Gasteiger partial charge in [-0.05, 0) is 49.1 Å². The van der Waals surface area contributed by atoms with Crippen LogP contribution in [-0.2, 0) is 9.53 Å². The first kappa shape index (κ1) is 25.0. The fourth-order valence-corrected chi connectivity index (χ4v) is 3.75. The summed E-state index contributed by atoms with van der Waals surface area (Å²) in [7, 11) is 0. The van der Waals surface area contributed by atoms with Crippen molar-refractivity contribution in [3.05, 3.63) is 76.7 Å². The third-order valence-electron chi connectivity index (χ3n) is 5.41. The Bertz CT molecular complexity index is 1110. The minimum atomic E-state index is -0.759. The van der Waals surface area contributed by atoms with Gasteiger partial charge in [0.25, 0.3) is 5.91 Å². The van der Waals surface area contributed by atoms with Crippen LogP contribution in [0.1, 0.15) is 56.1 Å². The molecule has 1 aliphatic heterocycles. The molecule has 3 amide bonds. The molecule has 180 valence electrons. The van der Waals surface area contributed by atoms with Gasteiger partial charge in [0, 0.05) is 17.9 Å². The van der Waals surface area contributed by atoms with Crippen LogP contribution in [0.3, 0.4) is 0 Å². The quantitative estimate of drug-likeness (QED) is 0.533. The van der Waals surface area contributed by atoms with Gasteiger partial charge in [-0.2, -0.15) is 0 Å². The molecule has 7 nitrogen and oxygen atoms in total. The number of carbonyl (C=O) groups is 3. The van der Waals surface area contributed by atoms with Crippen molar-refractivity contribution in [3.8, 4) is 0 Å². The lowest BCUT2D eigenvalue weighted by atomic mass is 9.94. The Morgan fingerprint density at radius 2 is 1.91 bits per heavy atom. The largest absolute Gasteiger partial charge is 0.462 e. The van der Waals surface area contributed by atoms with Crippen LogP contribution in [0.5, 0.6) is 0 Å².